The van der Waals surface area contributed by atoms with Crippen LogP contribution in [-0.4, -0.2) is 23.7 Å². The topological polar surface area (TPSA) is 43.6 Å². The number of carbonyl (C=O) groups excluding carboxylic acids is 1. The smallest absolute Gasteiger partial charge is 0.327 e. The zero-order valence-electron chi connectivity index (χ0n) is 14.3. The van der Waals surface area contributed by atoms with Crippen molar-refractivity contribution in [1.82, 2.24) is 4.57 Å². The molecule has 0 bridgehead atoms. The van der Waals surface area contributed by atoms with Crippen molar-refractivity contribution in [1.29, 1.82) is 0 Å². The molecule has 3 rings (SSSR count). The normalized spacial score (nSPS) is 11.5. The summed E-state index contributed by atoms with van der Waals surface area (Å²) in [5.74, 6) is -0.312. The van der Waals surface area contributed by atoms with E-state index in [-0.39, 0.29) is 12.5 Å². The van der Waals surface area contributed by atoms with E-state index in [4.69, 9.17) is 4.74 Å². The van der Waals surface area contributed by atoms with Crippen molar-refractivity contribution in [2.24, 2.45) is 4.99 Å². The minimum atomic E-state index is -0.312. The lowest BCUT2D eigenvalue weighted by Crippen LogP contribution is -2.16. The van der Waals surface area contributed by atoms with Crippen LogP contribution in [0.3, 0.4) is 0 Å². The summed E-state index contributed by atoms with van der Waals surface area (Å²) in [5.41, 5.74) is 3.35. The van der Waals surface area contributed by atoms with Crippen LogP contribution in [0.2, 0.25) is 0 Å². The zero-order valence-corrected chi connectivity index (χ0v) is 15.1. The van der Waals surface area contributed by atoms with Gasteiger partial charge in [-0.3, -0.25) is 9.36 Å². The van der Waals surface area contributed by atoms with E-state index in [2.05, 4.69) is 54.5 Å². The van der Waals surface area contributed by atoms with Gasteiger partial charge in [-0.15, -0.1) is 0 Å². The highest BCUT2D eigenvalue weighted by molar-refractivity contribution is 7.12. The number of carbonyl (C=O) groups is 1. The van der Waals surface area contributed by atoms with Gasteiger partial charge in [0.15, 0.2) is 4.80 Å². The first-order valence-electron chi connectivity index (χ1n) is 8.18. The molecule has 5 heteroatoms. The van der Waals surface area contributed by atoms with Crippen molar-refractivity contribution in [3.05, 3.63) is 71.2 Å². The molecule has 0 fully saturated rings. The Labute approximate surface area is 151 Å². The number of benzene rings is 2. The summed E-state index contributed by atoms with van der Waals surface area (Å²) in [4.78, 5) is 18.0. The average molecular weight is 352 g/mol. The summed E-state index contributed by atoms with van der Waals surface area (Å²) in [7, 11) is 0. The Balaban J connectivity index is 2.04. The average Bonchev–Trinajstić information content (AvgIpc) is 3.06. The van der Waals surface area contributed by atoms with E-state index in [9.17, 15) is 4.79 Å². The van der Waals surface area contributed by atoms with Gasteiger partial charge in [-0.05, 0) is 31.5 Å². The largest absolute Gasteiger partial charge is 0.465 e. The minimum absolute atomic E-state index is 0.0223. The first-order chi connectivity index (χ1) is 12.2. The lowest BCUT2D eigenvalue weighted by atomic mass is 10.2. The summed E-state index contributed by atoms with van der Waals surface area (Å²) in [6, 6.07) is 18.4. The lowest BCUT2D eigenvalue weighted by molar-refractivity contribution is -0.141. The predicted molar refractivity (Wildman–Crippen MR) is 101 cm³/mol. The minimum Gasteiger partial charge on any atom is -0.465 e. The monoisotopic (exact) mass is 352 g/mol. The highest BCUT2D eigenvalue weighted by Crippen LogP contribution is 2.23. The second-order valence-corrected chi connectivity index (χ2v) is 6.58. The fourth-order valence-electron chi connectivity index (χ4n) is 2.42. The van der Waals surface area contributed by atoms with E-state index in [1.807, 2.05) is 22.8 Å². The molecule has 1 heterocycles. The Morgan fingerprint density at radius 2 is 1.84 bits per heavy atom. The molecule has 2 aromatic carbocycles. The number of rotatable bonds is 5. The maximum atomic E-state index is 11.7. The van der Waals surface area contributed by atoms with E-state index >= 15 is 0 Å². The molecule has 0 unspecified atom stereocenters. The third-order valence-electron chi connectivity index (χ3n) is 3.67. The van der Waals surface area contributed by atoms with Crippen molar-refractivity contribution < 1.29 is 9.53 Å². The summed E-state index contributed by atoms with van der Waals surface area (Å²) in [6.07, 6.45) is 2.06. The molecule has 0 amide bonds. The van der Waals surface area contributed by atoms with Gasteiger partial charge >= 0.3 is 5.97 Å². The Bertz CT molecular complexity index is 909. The van der Waals surface area contributed by atoms with E-state index in [1.165, 1.54) is 5.56 Å². The van der Waals surface area contributed by atoms with Crippen molar-refractivity contribution in [3.8, 4) is 16.1 Å². The third kappa shape index (κ3) is 4.25. The lowest BCUT2D eigenvalue weighted by Gasteiger charge is -2.03. The standard InChI is InChI=1S/C20H20N2O2S/c1-3-24-19(23)13-21-20-22(17-11-9-15(2)10-12-17)14-18(25-20)16-7-5-4-6-8-16/h4-12,14H,3,13H2,1-2H3. The van der Waals surface area contributed by atoms with Crippen LogP contribution in [0.4, 0.5) is 0 Å². The maximum Gasteiger partial charge on any atom is 0.327 e. The molecule has 25 heavy (non-hydrogen) atoms. The molecule has 0 aliphatic heterocycles. The maximum absolute atomic E-state index is 11.7. The highest BCUT2D eigenvalue weighted by Gasteiger charge is 2.08. The number of nitrogens with zero attached hydrogens (tertiary/aromatic N) is 2. The molecule has 3 aromatic rings. The number of esters is 1. The number of aromatic nitrogens is 1. The van der Waals surface area contributed by atoms with Crippen LogP contribution >= 0.6 is 11.3 Å². The van der Waals surface area contributed by atoms with Crippen LogP contribution < -0.4 is 4.80 Å². The van der Waals surface area contributed by atoms with Gasteiger partial charge < -0.3 is 4.74 Å². The van der Waals surface area contributed by atoms with Crippen LogP contribution in [-0.2, 0) is 9.53 Å². The Morgan fingerprint density at radius 1 is 1.12 bits per heavy atom. The fraction of sp³-hybridized carbons (Fsp3) is 0.200. The molecule has 0 atom stereocenters. The van der Waals surface area contributed by atoms with Crippen LogP contribution in [0.1, 0.15) is 12.5 Å². The molecule has 0 spiro atoms. The zero-order chi connectivity index (χ0) is 17.6. The van der Waals surface area contributed by atoms with Gasteiger partial charge in [0, 0.05) is 11.9 Å². The molecule has 0 N–H and O–H groups in total. The molecular weight excluding hydrogens is 332 g/mol. The third-order valence-corrected chi connectivity index (χ3v) is 4.74. The second-order valence-electron chi connectivity index (χ2n) is 5.57. The van der Waals surface area contributed by atoms with Crippen LogP contribution in [0.5, 0.6) is 0 Å². The van der Waals surface area contributed by atoms with Crippen molar-refractivity contribution >= 4 is 17.3 Å². The number of hydrogen-bond acceptors (Lipinski definition) is 4. The molecule has 0 aliphatic rings. The quantitative estimate of drug-likeness (QED) is 0.652. The van der Waals surface area contributed by atoms with Gasteiger partial charge in [0.1, 0.15) is 6.54 Å². The van der Waals surface area contributed by atoms with Crippen LogP contribution in [0, 0.1) is 6.92 Å². The molecule has 0 saturated carbocycles. The van der Waals surface area contributed by atoms with E-state index in [1.54, 1.807) is 18.3 Å². The van der Waals surface area contributed by atoms with Crippen molar-refractivity contribution in [2.45, 2.75) is 13.8 Å². The van der Waals surface area contributed by atoms with Crippen molar-refractivity contribution in [3.63, 3.8) is 0 Å². The predicted octanol–water partition coefficient (Wildman–Crippen LogP) is 3.98. The molecule has 1 aromatic heterocycles. The molecule has 0 aliphatic carbocycles. The number of hydrogen-bond donors (Lipinski definition) is 0. The molecule has 0 saturated heterocycles. The van der Waals surface area contributed by atoms with Gasteiger partial charge in [-0.1, -0.05) is 59.4 Å². The SMILES string of the molecule is CCOC(=O)CN=c1sc(-c2ccccc2)cn1-c1ccc(C)cc1. The number of aryl methyl sites for hydroxylation is 1. The van der Waals surface area contributed by atoms with Gasteiger partial charge in [-0.25, -0.2) is 4.99 Å². The van der Waals surface area contributed by atoms with Gasteiger partial charge in [0.05, 0.1) is 11.5 Å². The summed E-state index contributed by atoms with van der Waals surface area (Å²) < 4.78 is 7.00. The van der Waals surface area contributed by atoms with Gasteiger partial charge in [0.25, 0.3) is 0 Å². The van der Waals surface area contributed by atoms with Gasteiger partial charge in [-0.2, -0.15) is 0 Å². The Kier molecular flexibility index (Phi) is 5.46. The molecule has 128 valence electrons. The Morgan fingerprint density at radius 3 is 2.52 bits per heavy atom. The second kappa shape index (κ2) is 7.94. The molecule has 4 nitrogen and oxygen atoms in total. The molecular formula is C20H20N2O2S. The van der Waals surface area contributed by atoms with E-state index < -0.39 is 0 Å². The Hall–Kier alpha value is -2.66. The van der Waals surface area contributed by atoms with Gasteiger partial charge in [0.2, 0.25) is 0 Å². The highest BCUT2D eigenvalue weighted by atomic mass is 32.1. The van der Waals surface area contributed by atoms with E-state index in [0.717, 1.165) is 20.9 Å². The number of thiazole rings is 1. The first-order valence-corrected chi connectivity index (χ1v) is 9.00. The first kappa shape index (κ1) is 17.2. The van der Waals surface area contributed by atoms with Crippen LogP contribution in [0.25, 0.3) is 16.1 Å². The summed E-state index contributed by atoms with van der Waals surface area (Å²) >= 11 is 1.56. The summed E-state index contributed by atoms with van der Waals surface area (Å²) in [6.45, 7) is 4.24. The van der Waals surface area contributed by atoms with Crippen molar-refractivity contribution in [2.75, 3.05) is 13.2 Å². The fourth-order valence-corrected chi connectivity index (χ4v) is 3.41. The summed E-state index contributed by atoms with van der Waals surface area (Å²) in [5, 5.41) is 0. The van der Waals surface area contributed by atoms with Crippen LogP contribution in [0.15, 0.2) is 65.8 Å². The number of ether oxygens (including phenoxy) is 1. The van der Waals surface area contributed by atoms with E-state index in [0.29, 0.717) is 6.61 Å². The molecule has 0 radical (unpaired) electrons.